The van der Waals surface area contributed by atoms with E-state index in [1.807, 2.05) is 6.92 Å². The van der Waals surface area contributed by atoms with Crippen molar-refractivity contribution in [3.63, 3.8) is 0 Å². The standard InChI is InChI=1S/C15H31N2O2/c1-2-15(19)12-9-13(16)11-17(10-12,7-8-18)14-5-3-4-6-14/h12-15,18-19H,2-11,16H2,1H3/q+1. The summed E-state index contributed by atoms with van der Waals surface area (Å²) in [6.45, 7) is 5.08. The predicted octanol–water partition coefficient (Wildman–Crippen LogP) is 0.856. The summed E-state index contributed by atoms with van der Waals surface area (Å²) >= 11 is 0. The molecule has 4 atom stereocenters. The molecule has 2 rings (SSSR count). The molecular weight excluding hydrogens is 240 g/mol. The highest BCUT2D eigenvalue weighted by atomic mass is 16.3. The van der Waals surface area contributed by atoms with Gasteiger partial charge in [-0.2, -0.15) is 0 Å². The molecule has 0 aromatic heterocycles. The van der Waals surface area contributed by atoms with Gasteiger partial charge in [0.2, 0.25) is 0 Å². The van der Waals surface area contributed by atoms with E-state index in [0.29, 0.717) is 12.0 Å². The number of hydrogen-bond donors (Lipinski definition) is 3. The van der Waals surface area contributed by atoms with Gasteiger partial charge in [-0.1, -0.05) is 6.92 Å². The lowest BCUT2D eigenvalue weighted by Crippen LogP contribution is -2.66. The summed E-state index contributed by atoms with van der Waals surface area (Å²) in [4.78, 5) is 0. The van der Waals surface area contributed by atoms with Crippen LogP contribution in [0.2, 0.25) is 0 Å². The molecule has 0 aromatic rings. The van der Waals surface area contributed by atoms with Crippen molar-refractivity contribution in [3.05, 3.63) is 0 Å². The Balaban J connectivity index is 2.15. The van der Waals surface area contributed by atoms with Crippen LogP contribution in [0.1, 0.15) is 45.4 Å². The highest BCUT2D eigenvalue weighted by molar-refractivity contribution is 4.82. The van der Waals surface area contributed by atoms with Gasteiger partial charge in [0.1, 0.15) is 6.54 Å². The molecule has 0 bridgehead atoms. The van der Waals surface area contributed by atoms with Crippen molar-refractivity contribution in [1.82, 2.24) is 0 Å². The average Bonchev–Trinajstić information content (AvgIpc) is 2.92. The van der Waals surface area contributed by atoms with Crippen molar-refractivity contribution in [2.24, 2.45) is 11.7 Å². The fourth-order valence-corrected chi connectivity index (χ4v) is 4.47. The third-order valence-electron chi connectivity index (χ3n) is 5.41. The Morgan fingerprint density at radius 1 is 1.26 bits per heavy atom. The summed E-state index contributed by atoms with van der Waals surface area (Å²) in [6.07, 6.45) is 6.67. The van der Waals surface area contributed by atoms with Crippen LogP contribution in [-0.4, -0.2) is 59.1 Å². The molecule has 1 aliphatic carbocycles. The molecule has 4 unspecified atom stereocenters. The first kappa shape index (κ1) is 15.2. The molecule has 0 aromatic carbocycles. The van der Waals surface area contributed by atoms with Crippen molar-refractivity contribution in [2.45, 2.75) is 63.6 Å². The van der Waals surface area contributed by atoms with Gasteiger partial charge in [-0.3, -0.25) is 0 Å². The van der Waals surface area contributed by atoms with E-state index in [1.54, 1.807) is 0 Å². The van der Waals surface area contributed by atoms with Gasteiger partial charge in [-0.25, -0.2) is 0 Å². The Morgan fingerprint density at radius 3 is 2.53 bits per heavy atom. The monoisotopic (exact) mass is 271 g/mol. The molecule has 1 saturated carbocycles. The fraction of sp³-hybridized carbons (Fsp3) is 1.00. The molecule has 2 aliphatic rings. The number of nitrogens with two attached hydrogens (primary N) is 1. The lowest BCUT2D eigenvalue weighted by Gasteiger charge is -2.51. The molecule has 19 heavy (non-hydrogen) atoms. The zero-order chi connectivity index (χ0) is 13.9. The second kappa shape index (κ2) is 6.53. The minimum atomic E-state index is -0.232. The van der Waals surface area contributed by atoms with Crippen molar-refractivity contribution in [3.8, 4) is 0 Å². The van der Waals surface area contributed by atoms with Crippen molar-refractivity contribution < 1.29 is 14.7 Å². The molecule has 1 aliphatic heterocycles. The van der Waals surface area contributed by atoms with Gasteiger partial charge in [-0.05, 0) is 38.5 Å². The Hall–Kier alpha value is -0.160. The van der Waals surface area contributed by atoms with E-state index in [2.05, 4.69) is 0 Å². The number of rotatable bonds is 5. The number of likely N-dealkylation sites (tertiary alicyclic amines) is 1. The lowest BCUT2D eigenvalue weighted by atomic mass is 9.85. The van der Waals surface area contributed by atoms with E-state index in [0.717, 1.165) is 37.0 Å². The number of quaternary nitrogens is 1. The minimum absolute atomic E-state index is 0.173. The Morgan fingerprint density at radius 2 is 1.95 bits per heavy atom. The van der Waals surface area contributed by atoms with Crippen molar-refractivity contribution in [2.75, 3.05) is 26.2 Å². The number of aliphatic hydroxyl groups is 2. The van der Waals surface area contributed by atoms with Gasteiger partial charge in [0.25, 0.3) is 0 Å². The van der Waals surface area contributed by atoms with Crippen molar-refractivity contribution in [1.29, 1.82) is 0 Å². The number of nitrogens with zero attached hydrogens (tertiary/aromatic N) is 1. The largest absolute Gasteiger partial charge is 0.393 e. The molecule has 1 heterocycles. The summed E-state index contributed by atoms with van der Waals surface area (Å²) in [7, 11) is 0. The van der Waals surface area contributed by atoms with Crippen LogP contribution in [0.15, 0.2) is 0 Å². The van der Waals surface area contributed by atoms with Crippen LogP contribution in [0.3, 0.4) is 0 Å². The molecule has 0 radical (unpaired) electrons. The third kappa shape index (κ3) is 3.30. The zero-order valence-corrected chi connectivity index (χ0v) is 12.3. The molecule has 4 heteroatoms. The first-order valence-corrected chi connectivity index (χ1v) is 8.01. The van der Waals surface area contributed by atoms with Gasteiger partial charge >= 0.3 is 0 Å². The van der Waals surface area contributed by atoms with Gasteiger partial charge < -0.3 is 20.4 Å². The Bertz CT molecular complexity index is 281. The predicted molar refractivity (Wildman–Crippen MR) is 76.6 cm³/mol. The quantitative estimate of drug-likeness (QED) is 0.650. The minimum Gasteiger partial charge on any atom is -0.393 e. The van der Waals surface area contributed by atoms with Crippen LogP contribution in [0.5, 0.6) is 0 Å². The summed E-state index contributed by atoms with van der Waals surface area (Å²) < 4.78 is 0.958. The second-order valence-corrected chi connectivity index (χ2v) is 6.70. The zero-order valence-electron chi connectivity index (χ0n) is 12.3. The Labute approximate surface area is 117 Å². The highest BCUT2D eigenvalue weighted by Gasteiger charge is 2.46. The molecular formula is C15H31N2O2+. The summed E-state index contributed by atoms with van der Waals surface area (Å²) in [5, 5.41) is 19.7. The fourth-order valence-electron chi connectivity index (χ4n) is 4.47. The molecule has 0 amide bonds. The van der Waals surface area contributed by atoms with E-state index in [4.69, 9.17) is 5.73 Å². The molecule has 0 spiro atoms. The first-order chi connectivity index (χ1) is 9.11. The maximum Gasteiger partial charge on any atom is 0.102 e. The molecule has 1 saturated heterocycles. The van der Waals surface area contributed by atoms with Crippen LogP contribution in [0.25, 0.3) is 0 Å². The van der Waals surface area contributed by atoms with Crippen LogP contribution in [-0.2, 0) is 0 Å². The van der Waals surface area contributed by atoms with Gasteiger partial charge in [0, 0.05) is 5.92 Å². The summed E-state index contributed by atoms with van der Waals surface area (Å²) in [6, 6.07) is 0.831. The summed E-state index contributed by atoms with van der Waals surface area (Å²) in [5.41, 5.74) is 6.28. The number of aliphatic hydroxyl groups excluding tert-OH is 2. The maximum atomic E-state index is 10.2. The molecule has 4 nitrogen and oxygen atoms in total. The van der Waals surface area contributed by atoms with Crippen LogP contribution >= 0.6 is 0 Å². The lowest BCUT2D eigenvalue weighted by molar-refractivity contribution is -0.959. The van der Waals surface area contributed by atoms with E-state index in [1.165, 1.54) is 25.7 Å². The SMILES string of the molecule is CCC(O)C1CC(N)C[N+](CCO)(C2CCCC2)C1. The van der Waals surface area contributed by atoms with E-state index in [9.17, 15) is 10.2 Å². The van der Waals surface area contributed by atoms with Crippen LogP contribution < -0.4 is 5.73 Å². The van der Waals surface area contributed by atoms with E-state index < -0.39 is 0 Å². The van der Waals surface area contributed by atoms with Crippen LogP contribution in [0, 0.1) is 5.92 Å². The first-order valence-electron chi connectivity index (χ1n) is 8.01. The topological polar surface area (TPSA) is 66.5 Å². The normalized spacial score (nSPS) is 38.5. The smallest absolute Gasteiger partial charge is 0.102 e. The van der Waals surface area contributed by atoms with Gasteiger partial charge in [0.05, 0.1) is 37.9 Å². The number of piperidine rings is 1. The molecule has 4 N–H and O–H groups in total. The number of hydrogen-bond acceptors (Lipinski definition) is 3. The van der Waals surface area contributed by atoms with Gasteiger partial charge in [-0.15, -0.1) is 0 Å². The maximum absolute atomic E-state index is 10.2. The van der Waals surface area contributed by atoms with Gasteiger partial charge in [0.15, 0.2) is 0 Å². The third-order valence-corrected chi connectivity index (χ3v) is 5.41. The van der Waals surface area contributed by atoms with E-state index >= 15 is 0 Å². The van der Waals surface area contributed by atoms with E-state index in [-0.39, 0.29) is 18.8 Å². The van der Waals surface area contributed by atoms with Crippen LogP contribution in [0.4, 0.5) is 0 Å². The molecule has 112 valence electrons. The molecule has 2 fully saturated rings. The highest BCUT2D eigenvalue weighted by Crippen LogP contribution is 2.35. The summed E-state index contributed by atoms with van der Waals surface area (Å²) in [5.74, 6) is 0.306. The second-order valence-electron chi connectivity index (χ2n) is 6.70. The Kier molecular flexibility index (Phi) is 5.23. The van der Waals surface area contributed by atoms with Crippen molar-refractivity contribution >= 4 is 0 Å². The average molecular weight is 271 g/mol.